The number of hydrogen-bond acceptors (Lipinski definition) is 4. The molecule has 3 rings (SSSR count). The smallest absolute Gasteiger partial charge is 0.270 e. The van der Waals surface area contributed by atoms with Crippen molar-refractivity contribution in [3.05, 3.63) is 82.6 Å². The predicted octanol–water partition coefficient (Wildman–Crippen LogP) is 4.55. The molecule has 0 aliphatic heterocycles. The van der Waals surface area contributed by atoms with Gasteiger partial charge in [-0.15, -0.1) is 0 Å². The van der Waals surface area contributed by atoms with Gasteiger partial charge in [-0.05, 0) is 48.5 Å². The number of aromatic nitrogens is 1. The molecule has 3 aromatic rings. The number of ether oxygens (including phenoxy) is 1. The zero-order valence-electron chi connectivity index (χ0n) is 14.5. The van der Waals surface area contributed by atoms with E-state index in [1.54, 1.807) is 42.5 Å². The van der Waals surface area contributed by atoms with Gasteiger partial charge in [-0.3, -0.25) is 14.6 Å². The van der Waals surface area contributed by atoms with Gasteiger partial charge in [0.05, 0.1) is 11.6 Å². The number of pyridine rings is 1. The van der Waals surface area contributed by atoms with Crippen LogP contribution in [0.15, 0.2) is 66.9 Å². The molecule has 2 N–H and O–H groups in total. The lowest BCUT2D eigenvalue weighted by Gasteiger charge is -2.09. The van der Waals surface area contributed by atoms with Gasteiger partial charge in [-0.2, -0.15) is 0 Å². The van der Waals surface area contributed by atoms with Gasteiger partial charge < -0.3 is 15.4 Å². The number of nitrogens with one attached hydrogen (secondary N) is 2. The first-order chi connectivity index (χ1) is 13.5. The number of rotatable bonds is 6. The molecule has 0 fully saturated rings. The molecule has 142 valence electrons. The summed E-state index contributed by atoms with van der Waals surface area (Å²) in [5, 5.41) is 6.06. The minimum Gasteiger partial charge on any atom is -0.456 e. The summed E-state index contributed by atoms with van der Waals surface area (Å²) in [5.41, 5.74) is 0.702. The van der Waals surface area contributed by atoms with E-state index in [0.29, 0.717) is 27.2 Å². The van der Waals surface area contributed by atoms with Crippen molar-refractivity contribution in [2.45, 2.75) is 0 Å². The highest BCUT2D eigenvalue weighted by Crippen LogP contribution is 2.29. The number of halogens is 2. The minimum atomic E-state index is -0.485. The first-order valence-corrected chi connectivity index (χ1v) is 8.99. The Bertz CT molecular complexity index is 994. The van der Waals surface area contributed by atoms with Gasteiger partial charge in [-0.25, -0.2) is 0 Å². The molecular formula is C20H15Cl2N3O3. The van der Waals surface area contributed by atoms with Gasteiger partial charge in [0, 0.05) is 16.9 Å². The van der Waals surface area contributed by atoms with Crippen LogP contribution in [0.4, 0.5) is 5.69 Å². The SMILES string of the molecule is O=C(CNC(=O)c1cc(Cl)ccn1)Nc1ccc(Oc2ccccc2Cl)cc1. The molecule has 0 radical (unpaired) electrons. The summed E-state index contributed by atoms with van der Waals surface area (Å²) >= 11 is 11.9. The lowest BCUT2D eigenvalue weighted by Crippen LogP contribution is -2.33. The number of nitrogens with zero attached hydrogens (tertiary/aromatic N) is 1. The van der Waals surface area contributed by atoms with Crippen LogP contribution in [0, 0.1) is 0 Å². The van der Waals surface area contributed by atoms with E-state index in [-0.39, 0.29) is 18.1 Å². The van der Waals surface area contributed by atoms with Crippen LogP contribution in [0.1, 0.15) is 10.5 Å². The van der Waals surface area contributed by atoms with Crippen molar-refractivity contribution >= 4 is 40.7 Å². The zero-order valence-corrected chi connectivity index (χ0v) is 16.0. The maximum atomic E-state index is 12.0. The molecule has 0 saturated carbocycles. The molecule has 0 atom stereocenters. The lowest BCUT2D eigenvalue weighted by atomic mass is 10.3. The summed E-state index contributed by atoms with van der Waals surface area (Å²) in [6, 6.07) is 16.9. The molecule has 1 heterocycles. The number of anilines is 1. The highest BCUT2D eigenvalue weighted by molar-refractivity contribution is 6.32. The summed E-state index contributed by atoms with van der Waals surface area (Å²) in [4.78, 5) is 27.9. The van der Waals surface area contributed by atoms with Gasteiger partial charge in [0.25, 0.3) is 5.91 Å². The molecule has 6 nitrogen and oxygen atoms in total. The van der Waals surface area contributed by atoms with E-state index in [1.807, 2.05) is 12.1 Å². The lowest BCUT2D eigenvalue weighted by molar-refractivity contribution is -0.115. The van der Waals surface area contributed by atoms with Gasteiger partial charge in [-0.1, -0.05) is 35.3 Å². The Balaban J connectivity index is 1.51. The molecule has 1 aromatic heterocycles. The number of benzene rings is 2. The largest absolute Gasteiger partial charge is 0.456 e. The maximum absolute atomic E-state index is 12.0. The highest BCUT2D eigenvalue weighted by Gasteiger charge is 2.10. The molecule has 0 saturated heterocycles. The van der Waals surface area contributed by atoms with Crippen LogP contribution in [0.3, 0.4) is 0 Å². The van der Waals surface area contributed by atoms with Crippen molar-refractivity contribution < 1.29 is 14.3 Å². The van der Waals surface area contributed by atoms with Crippen LogP contribution < -0.4 is 15.4 Å². The molecule has 0 unspecified atom stereocenters. The topological polar surface area (TPSA) is 80.3 Å². The average molecular weight is 416 g/mol. The van der Waals surface area contributed by atoms with E-state index in [9.17, 15) is 9.59 Å². The molecule has 0 aliphatic carbocycles. The van der Waals surface area contributed by atoms with Crippen molar-refractivity contribution in [1.29, 1.82) is 0 Å². The Morgan fingerprint density at radius 2 is 1.75 bits per heavy atom. The predicted molar refractivity (Wildman–Crippen MR) is 108 cm³/mol. The summed E-state index contributed by atoms with van der Waals surface area (Å²) in [6.07, 6.45) is 1.42. The van der Waals surface area contributed by atoms with Crippen LogP contribution in [0.25, 0.3) is 0 Å². The van der Waals surface area contributed by atoms with E-state index < -0.39 is 5.91 Å². The van der Waals surface area contributed by atoms with Crippen LogP contribution in [-0.2, 0) is 4.79 Å². The summed E-state index contributed by atoms with van der Waals surface area (Å²) in [7, 11) is 0. The third-order valence-electron chi connectivity index (χ3n) is 3.57. The molecule has 0 bridgehead atoms. The fourth-order valence-electron chi connectivity index (χ4n) is 2.25. The molecule has 2 amide bonds. The number of carbonyl (C=O) groups excluding carboxylic acids is 2. The van der Waals surface area contributed by atoms with Crippen molar-refractivity contribution in [3.63, 3.8) is 0 Å². The molecule has 28 heavy (non-hydrogen) atoms. The summed E-state index contributed by atoms with van der Waals surface area (Å²) < 4.78 is 5.69. The van der Waals surface area contributed by atoms with E-state index >= 15 is 0 Å². The molecule has 8 heteroatoms. The monoisotopic (exact) mass is 415 g/mol. The number of carbonyl (C=O) groups is 2. The number of amides is 2. The van der Waals surface area contributed by atoms with Gasteiger partial charge in [0.1, 0.15) is 17.2 Å². The highest BCUT2D eigenvalue weighted by atomic mass is 35.5. The van der Waals surface area contributed by atoms with E-state index in [1.165, 1.54) is 12.3 Å². The Morgan fingerprint density at radius 1 is 1.00 bits per heavy atom. The van der Waals surface area contributed by atoms with Crippen molar-refractivity contribution in [1.82, 2.24) is 10.3 Å². The fourth-order valence-corrected chi connectivity index (χ4v) is 2.58. The normalized spacial score (nSPS) is 10.2. The Hall–Kier alpha value is -3.09. The second kappa shape index (κ2) is 9.21. The summed E-state index contributed by atoms with van der Waals surface area (Å²) in [5.74, 6) is 0.251. The van der Waals surface area contributed by atoms with Gasteiger partial charge in [0.2, 0.25) is 5.91 Å². The fraction of sp³-hybridized carbons (Fsp3) is 0.0500. The first-order valence-electron chi connectivity index (χ1n) is 8.23. The van der Waals surface area contributed by atoms with Crippen molar-refractivity contribution in [2.75, 3.05) is 11.9 Å². The molecule has 0 aliphatic rings. The van der Waals surface area contributed by atoms with E-state index in [2.05, 4.69) is 15.6 Å². The average Bonchev–Trinajstić information content (AvgIpc) is 2.69. The Kier molecular flexibility index (Phi) is 6.47. The van der Waals surface area contributed by atoms with Crippen molar-refractivity contribution in [3.8, 4) is 11.5 Å². The third-order valence-corrected chi connectivity index (χ3v) is 4.11. The van der Waals surface area contributed by atoms with Crippen LogP contribution in [-0.4, -0.2) is 23.3 Å². The first kappa shape index (κ1) is 19.7. The van der Waals surface area contributed by atoms with Crippen molar-refractivity contribution in [2.24, 2.45) is 0 Å². The van der Waals surface area contributed by atoms with Gasteiger partial charge >= 0.3 is 0 Å². The van der Waals surface area contributed by atoms with Gasteiger partial charge in [0.15, 0.2) is 0 Å². The minimum absolute atomic E-state index is 0.140. The number of hydrogen-bond donors (Lipinski definition) is 2. The third kappa shape index (κ3) is 5.45. The van der Waals surface area contributed by atoms with Crippen LogP contribution in [0.2, 0.25) is 10.0 Å². The second-order valence-electron chi connectivity index (χ2n) is 5.65. The maximum Gasteiger partial charge on any atom is 0.270 e. The Morgan fingerprint density at radius 3 is 2.46 bits per heavy atom. The zero-order chi connectivity index (χ0) is 19.9. The quantitative estimate of drug-likeness (QED) is 0.618. The summed E-state index contributed by atoms with van der Waals surface area (Å²) in [6.45, 7) is -0.203. The van der Waals surface area contributed by atoms with E-state index in [4.69, 9.17) is 27.9 Å². The van der Waals surface area contributed by atoms with Crippen LogP contribution in [0.5, 0.6) is 11.5 Å². The number of para-hydroxylation sites is 1. The molecule has 0 spiro atoms. The Labute approximate surface area is 171 Å². The molecular weight excluding hydrogens is 401 g/mol. The van der Waals surface area contributed by atoms with E-state index in [0.717, 1.165) is 0 Å². The van der Waals surface area contributed by atoms with Crippen LogP contribution >= 0.6 is 23.2 Å². The standard InChI is InChI=1S/C20H15Cl2N3O3/c21-13-9-10-23-17(11-13)20(27)24-12-19(26)25-14-5-7-15(8-6-14)28-18-4-2-1-3-16(18)22/h1-11H,12H2,(H,24,27)(H,25,26). The second-order valence-corrected chi connectivity index (χ2v) is 6.49. The molecule has 2 aromatic carbocycles.